The zero-order chi connectivity index (χ0) is 17.9. The smallest absolute Gasteiger partial charge is 0.246 e. The van der Waals surface area contributed by atoms with Crippen LogP contribution in [0.2, 0.25) is 0 Å². The number of ether oxygens (including phenoxy) is 1. The van der Waals surface area contributed by atoms with Gasteiger partial charge in [-0.25, -0.2) is 17.8 Å². The monoisotopic (exact) mass is 370 g/mol. The van der Waals surface area contributed by atoms with Crippen molar-refractivity contribution in [2.75, 3.05) is 30.4 Å². The highest BCUT2D eigenvalue weighted by atomic mass is 32.2. The zero-order valence-corrected chi connectivity index (χ0v) is 15.4. The van der Waals surface area contributed by atoms with Crippen LogP contribution in [-0.4, -0.2) is 55.7 Å². The minimum absolute atomic E-state index is 0.0625. The highest BCUT2D eigenvalue weighted by Gasteiger charge is 2.34. The molecule has 0 spiro atoms. The summed E-state index contributed by atoms with van der Waals surface area (Å²) in [7, 11) is -3.50. The Kier molecular flexibility index (Phi) is 5.75. The third-order valence-electron chi connectivity index (χ3n) is 4.83. The lowest BCUT2D eigenvalue weighted by molar-refractivity contribution is -0.121. The van der Waals surface area contributed by atoms with Crippen molar-refractivity contribution < 1.29 is 17.9 Å². The Labute approximate surface area is 148 Å². The van der Waals surface area contributed by atoms with Gasteiger partial charge in [0.05, 0.1) is 11.9 Å². The Bertz CT molecular complexity index is 697. The predicted octanol–water partition coefficient (Wildman–Crippen LogP) is 0.744. The van der Waals surface area contributed by atoms with Gasteiger partial charge in [0.15, 0.2) is 0 Å². The van der Waals surface area contributed by atoms with Crippen molar-refractivity contribution >= 4 is 21.7 Å². The maximum absolute atomic E-state index is 12.8. The van der Waals surface area contributed by atoms with Crippen molar-refractivity contribution in [2.24, 2.45) is 5.92 Å². The lowest BCUT2D eigenvalue weighted by Gasteiger charge is -2.32. The highest BCUT2D eigenvalue weighted by Crippen LogP contribution is 2.22. The number of piperidine rings is 1. The Morgan fingerprint density at radius 2 is 2.08 bits per heavy atom. The molecule has 1 aromatic rings. The van der Waals surface area contributed by atoms with E-state index in [9.17, 15) is 13.2 Å². The molecule has 0 saturated carbocycles. The Morgan fingerprint density at radius 1 is 1.32 bits per heavy atom. The largest absolute Gasteiger partial charge is 0.381 e. The molecule has 2 saturated heterocycles. The number of amides is 1. The van der Waals surface area contributed by atoms with Crippen molar-refractivity contribution in [3.63, 3.8) is 0 Å². The molecule has 3 rings (SSSR count). The van der Waals surface area contributed by atoms with Gasteiger partial charge < -0.3 is 4.74 Å². The molecule has 0 unspecified atom stereocenters. The van der Waals surface area contributed by atoms with Gasteiger partial charge in [-0.05, 0) is 38.5 Å². The zero-order valence-electron chi connectivity index (χ0n) is 14.6. The molecule has 140 valence electrons. The summed E-state index contributed by atoms with van der Waals surface area (Å²) in [6.45, 7) is 4.42. The van der Waals surface area contributed by atoms with Crippen molar-refractivity contribution in [1.29, 1.82) is 0 Å². The normalized spacial score (nSPS) is 23.2. The summed E-state index contributed by atoms with van der Waals surface area (Å²) in [4.78, 5) is 14.4. The third kappa shape index (κ3) is 4.39. The standard InChI is InChI=1S/C16H26N4O4S/c1-2-20-15(5-8-17-20)19-9-3-4-14(16(19)21)18-25(22,23)12-13-6-10-24-11-7-13/h5,8,13-14,18H,2-4,6-7,9-12H2,1H3/t14-/m1/s1. The van der Waals surface area contributed by atoms with Gasteiger partial charge in [0.2, 0.25) is 15.9 Å². The summed E-state index contributed by atoms with van der Waals surface area (Å²) in [5, 5.41) is 4.19. The number of nitrogens with one attached hydrogen (secondary N) is 1. The molecule has 2 aliphatic rings. The van der Waals surface area contributed by atoms with E-state index in [4.69, 9.17) is 4.74 Å². The molecule has 2 aliphatic heterocycles. The molecular weight excluding hydrogens is 344 g/mol. The third-order valence-corrected chi connectivity index (χ3v) is 6.38. The first-order chi connectivity index (χ1) is 12.0. The van der Waals surface area contributed by atoms with Crippen LogP contribution in [0.15, 0.2) is 12.3 Å². The summed E-state index contributed by atoms with van der Waals surface area (Å²) < 4.78 is 34.6. The molecule has 1 atom stereocenters. The van der Waals surface area contributed by atoms with Crippen LogP contribution in [-0.2, 0) is 26.1 Å². The van der Waals surface area contributed by atoms with Crippen molar-refractivity contribution in [3.8, 4) is 0 Å². The van der Waals surface area contributed by atoms with Crippen LogP contribution in [0, 0.1) is 5.92 Å². The number of sulfonamides is 1. The summed E-state index contributed by atoms with van der Waals surface area (Å²) in [6, 6.07) is 1.10. The van der Waals surface area contributed by atoms with Crippen molar-refractivity contribution in [2.45, 2.75) is 45.2 Å². The topological polar surface area (TPSA) is 93.5 Å². The van der Waals surface area contributed by atoms with Crippen LogP contribution in [0.4, 0.5) is 5.82 Å². The summed E-state index contributed by atoms with van der Waals surface area (Å²) in [5.74, 6) is 0.688. The van der Waals surface area contributed by atoms with Crippen LogP contribution in [0.25, 0.3) is 0 Å². The van der Waals surface area contributed by atoms with E-state index >= 15 is 0 Å². The minimum Gasteiger partial charge on any atom is -0.381 e. The minimum atomic E-state index is -3.50. The van der Waals surface area contributed by atoms with E-state index in [1.54, 1.807) is 21.8 Å². The fourth-order valence-corrected chi connectivity index (χ4v) is 5.20. The molecule has 1 aromatic heterocycles. The molecule has 1 amide bonds. The van der Waals surface area contributed by atoms with E-state index in [1.807, 2.05) is 6.92 Å². The number of rotatable bonds is 6. The van der Waals surface area contributed by atoms with Gasteiger partial charge in [-0.3, -0.25) is 9.69 Å². The molecule has 0 radical (unpaired) electrons. The maximum atomic E-state index is 12.8. The van der Waals surface area contributed by atoms with Gasteiger partial charge in [-0.1, -0.05) is 0 Å². The van der Waals surface area contributed by atoms with E-state index in [1.165, 1.54) is 0 Å². The lowest BCUT2D eigenvalue weighted by atomic mass is 10.0. The number of carbonyl (C=O) groups excluding carboxylic acids is 1. The second-order valence-electron chi connectivity index (χ2n) is 6.64. The number of aromatic nitrogens is 2. The lowest BCUT2D eigenvalue weighted by Crippen LogP contribution is -2.53. The molecule has 0 aromatic carbocycles. The fraction of sp³-hybridized carbons (Fsp3) is 0.750. The van der Waals surface area contributed by atoms with E-state index in [0.29, 0.717) is 32.7 Å². The molecular formula is C16H26N4O4S. The number of nitrogens with zero attached hydrogens (tertiary/aromatic N) is 3. The molecule has 8 nitrogen and oxygen atoms in total. The molecule has 25 heavy (non-hydrogen) atoms. The molecule has 1 N–H and O–H groups in total. The van der Waals surface area contributed by atoms with Crippen LogP contribution < -0.4 is 9.62 Å². The molecule has 0 bridgehead atoms. The number of anilines is 1. The summed E-state index contributed by atoms with van der Waals surface area (Å²) in [6.07, 6.45) is 4.45. The van der Waals surface area contributed by atoms with Crippen LogP contribution >= 0.6 is 0 Å². The Morgan fingerprint density at radius 3 is 2.80 bits per heavy atom. The van der Waals surface area contributed by atoms with E-state index in [0.717, 1.165) is 25.1 Å². The van der Waals surface area contributed by atoms with Gasteiger partial charge in [-0.2, -0.15) is 5.10 Å². The highest BCUT2D eigenvalue weighted by molar-refractivity contribution is 7.89. The second-order valence-corrected chi connectivity index (χ2v) is 8.44. The first-order valence-electron chi connectivity index (χ1n) is 8.91. The number of hydrogen-bond donors (Lipinski definition) is 1. The first-order valence-corrected chi connectivity index (χ1v) is 10.6. The SMILES string of the molecule is CCn1nccc1N1CCC[C@@H](NS(=O)(=O)CC2CCOCC2)C1=O. The molecule has 0 aliphatic carbocycles. The number of carbonyl (C=O) groups is 1. The van der Waals surface area contributed by atoms with E-state index < -0.39 is 16.1 Å². The van der Waals surface area contributed by atoms with Gasteiger partial charge in [0, 0.05) is 32.4 Å². The molecule has 2 fully saturated rings. The maximum Gasteiger partial charge on any atom is 0.246 e. The fourth-order valence-electron chi connectivity index (χ4n) is 3.50. The van der Waals surface area contributed by atoms with Gasteiger partial charge >= 0.3 is 0 Å². The Hall–Kier alpha value is -1.45. The first kappa shape index (κ1) is 18.3. The van der Waals surface area contributed by atoms with Crippen molar-refractivity contribution in [3.05, 3.63) is 12.3 Å². The quantitative estimate of drug-likeness (QED) is 0.797. The van der Waals surface area contributed by atoms with E-state index in [2.05, 4.69) is 9.82 Å². The predicted molar refractivity (Wildman–Crippen MR) is 93.7 cm³/mol. The average Bonchev–Trinajstić information content (AvgIpc) is 3.05. The second kappa shape index (κ2) is 7.84. The number of hydrogen-bond acceptors (Lipinski definition) is 5. The Balaban J connectivity index is 1.66. The molecule has 9 heteroatoms. The van der Waals surface area contributed by atoms with E-state index in [-0.39, 0.29) is 17.6 Å². The van der Waals surface area contributed by atoms with Crippen LogP contribution in [0.5, 0.6) is 0 Å². The van der Waals surface area contributed by atoms with Crippen molar-refractivity contribution in [1.82, 2.24) is 14.5 Å². The van der Waals surface area contributed by atoms with Gasteiger partial charge in [-0.15, -0.1) is 0 Å². The van der Waals surface area contributed by atoms with Crippen LogP contribution in [0.3, 0.4) is 0 Å². The average molecular weight is 370 g/mol. The van der Waals surface area contributed by atoms with Gasteiger partial charge in [0.25, 0.3) is 0 Å². The summed E-state index contributed by atoms with van der Waals surface area (Å²) >= 11 is 0. The van der Waals surface area contributed by atoms with Crippen LogP contribution in [0.1, 0.15) is 32.6 Å². The summed E-state index contributed by atoms with van der Waals surface area (Å²) in [5.41, 5.74) is 0. The van der Waals surface area contributed by atoms with Gasteiger partial charge in [0.1, 0.15) is 11.9 Å². The molecule has 3 heterocycles. The number of aryl methyl sites for hydroxylation is 1.